The highest BCUT2D eigenvalue weighted by molar-refractivity contribution is 7.91. The number of aromatic nitrogens is 2. The largest absolute Gasteiger partial charge is 0.390 e. The van der Waals surface area contributed by atoms with E-state index in [0.717, 1.165) is 63.5 Å². The van der Waals surface area contributed by atoms with Crippen molar-refractivity contribution in [1.82, 2.24) is 15.3 Å². The van der Waals surface area contributed by atoms with Crippen LogP contribution < -0.4 is 10.2 Å². The van der Waals surface area contributed by atoms with Crippen LogP contribution in [-0.4, -0.2) is 65.6 Å². The highest BCUT2D eigenvalue weighted by atomic mass is 32.2. The van der Waals surface area contributed by atoms with Gasteiger partial charge in [-0.25, -0.2) is 18.4 Å². The Balaban J connectivity index is 1.24. The number of anilines is 1. The lowest BCUT2D eigenvalue weighted by Crippen LogP contribution is -2.61. The van der Waals surface area contributed by atoms with Gasteiger partial charge in [-0.1, -0.05) is 12.8 Å². The summed E-state index contributed by atoms with van der Waals surface area (Å²) in [5.74, 6) is 2.26. The smallest absolute Gasteiger partial charge is 0.254 e. The third-order valence-corrected chi connectivity index (χ3v) is 10.6. The Morgan fingerprint density at radius 2 is 1.76 bits per heavy atom. The van der Waals surface area contributed by atoms with Gasteiger partial charge in [0.25, 0.3) is 5.91 Å². The summed E-state index contributed by atoms with van der Waals surface area (Å²) < 4.78 is 23.7. The fraction of sp³-hybridized carbons (Fsp3) is 0.792. The van der Waals surface area contributed by atoms with Gasteiger partial charge in [-0.15, -0.1) is 0 Å². The summed E-state index contributed by atoms with van der Waals surface area (Å²) in [5, 5.41) is 14.2. The van der Waals surface area contributed by atoms with Crippen LogP contribution in [0.1, 0.15) is 79.8 Å². The van der Waals surface area contributed by atoms with Crippen LogP contribution in [0.4, 0.5) is 5.95 Å². The summed E-state index contributed by atoms with van der Waals surface area (Å²) in [6, 6.07) is 0.123. The molecule has 0 spiro atoms. The number of rotatable bonds is 4. The van der Waals surface area contributed by atoms with E-state index in [1.54, 1.807) is 6.20 Å². The zero-order valence-corrected chi connectivity index (χ0v) is 19.9. The first kappa shape index (κ1) is 21.8. The maximum absolute atomic E-state index is 13.5. The van der Waals surface area contributed by atoms with E-state index in [4.69, 9.17) is 4.98 Å². The maximum Gasteiger partial charge on any atom is 0.254 e. The molecule has 7 rings (SSSR count). The second-order valence-electron chi connectivity index (χ2n) is 11.3. The van der Waals surface area contributed by atoms with Gasteiger partial charge in [0.15, 0.2) is 9.84 Å². The molecule has 2 atom stereocenters. The molecule has 2 heterocycles. The number of amides is 1. The van der Waals surface area contributed by atoms with Gasteiger partial charge < -0.3 is 15.3 Å². The van der Waals surface area contributed by atoms with Crippen molar-refractivity contribution in [2.45, 2.75) is 75.3 Å². The molecular formula is C24H34N4O4S. The maximum atomic E-state index is 13.5. The van der Waals surface area contributed by atoms with Gasteiger partial charge in [-0.05, 0) is 62.7 Å². The zero-order chi connectivity index (χ0) is 22.8. The van der Waals surface area contributed by atoms with Crippen LogP contribution in [0, 0.1) is 17.8 Å². The van der Waals surface area contributed by atoms with Crippen molar-refractivity contribution in [3.63, 3.8) is 0 Å². The molecule has 0 radical (unpaired) electrons. The normalized spacial score (nSPS) is 37.4. The molecule has 4 bridgehead atoms. The van der Waals surface area contributed by atoms with Crippen LogP contribution in [0.15, 0.2) is 6.20 Å². The van der Waals surface area contributed by atoms with Gasteiger partial charge in [0.1, 0.15) is 0 Å². The second-order valence-corrected chi connectivity index (χ2v) is 13.6. The molecule has 2 N–H and O–H groups in total. The van der Waals surface area contributed by atoms with Crippen molar-refractivity contribution in [1.29, 1.82) is 0 Å². The van der Waals surface area contributed by atoms with Gasteiger partial charge in [-0.3, -0.25) is 4.79 Å². The average Bonchev–Trinajstić information content (AvgIpc) is 3.29. The lowest BCUT2D eigenvalue weighted by molar-refractivity contribution is -0.136. The first-order valence-electron chi connectivity index (χ1n) is 12.6. The van der Waals surface area contributed by atoms with Gasteiger partial charge >= 0.3 is 0 Å². The lowest BCUT2D eigenvalue weighted by atomic mass is 9.52. The van der Waals surface area contributed by atoms with Crippen molar-refractivity contribution in [2.75, 3.05) is 29.5 Å². The molecule has 1 amide bonds. The third kappa shape index (κ3) is 4.05. The lowest BCUT2D eigenvalue weighted by Gasteiger charge is -2.58. The van der Waals surface area contributed by atoms with Crippen molar-refractivity contribution < 1.29 is 18.3 Å². The van der Waals surface area contributed by atoms with Crippen molar-refractivity contribution in [3.05, 3.63) is 17.5 Å². The Bertz CT molecular complexity index is 1020. The predicted molar refractivity (Wildman–Crippen MR) is 124 cm³/mol. The fourth-order valence-corrected chi connectivity index (χ4v) is 8.78. The summed E-state index contributed by atoms with van der Waals surface area (Å²) in [6.45, 7) is 0.793. The molecule has 9 heteroatoms. The Hall–Kier alpha value is -1.74. The summed E-state index contributed by atoms with van der Waals surface area (Å²) in [7, 11) is -2.98. The first-order chi connectivity index (χ1) is 15.8. The van der Waals surface area contributed by atoms with E-state index in [1.165, 1.54) is 0 Å². The van der Waals surface area contributed by atoms with Crippen LogP contribution in [0.5, 0.6) is 0 Å². The van der Waals surface area contributed by atoms with E-state index in [-0.39, 0.29) is 29.4 Å². The zero-order valence-electron chi connectivity index (χ0n) is 19.1. The van der Waals surface area contributed by atoms with E-state index in [0.29, 0.717) is 42.4 Å². The molecule has 2 unspecified atom stereocenters. The van der Waals surface area contributed by atoms with Gasteiger partial charge in [-0.2, -0.15) is 0 Å². The highest BCUT2D eigenvalue weighted by Crippen LogP contribution is 2.55. The number of sulfone groups is 1. The number of aliphatic hydroxyl groups is 1. The predicted octanol–water partition coefficient (Wildman–Crippen LogP) is 2.04. The molecule has 1 aromatic rings. The fourth-order valence-electron chi connectivity index (χ4n) is 7.58. The van der Waals surface area contributed by atoms with E-state index in [2.05, 4.69) is 10.3 Å². The molecule has 6 fully saturated rings. The molecule has 0 aromatic carbocycles. The monoisotopic (exact) mass is 474 g/mol. The van der Waals surface area contributed by atoms with Crippen molar-refractivity contribution >= 4 is 21.7 Å². The molecule has 1 saturated heterocycles. The summed E-state index contributed by atoms with van der Waals surface area (Å²) in [5.41, 5.74) is 0.882. The Morgan fingerprint density at radius 1 is 1.09 bits per heavy atom. The van der Waals surface area contributed by atoms with E-state index < -0.39 is 15.4 Å². The quantitative estimate of drug-likeness (QED) is 0.687. The van der Waals surface area contributed by atoms with Crippen LogP contribution in [0.25, 0.3) is 0 Å². The van der Waals surface area contributed by atoms with E-state index in [9.17, 15) is 18.3 Å². The van der Waals surface area contributed by atoms with Crippen LogP contribution in [0.2, 0.25) is 0 Å². The Morgan fingerprint density at radius 3 is 2.39 bits per heavy atom. The number of hydrogen-bond donors (Lipinski definition) is 2. The van der Waals surface area contributed by atoms with E-state index in [1.807, 2.05) is 4.90 Å². The van der Waals surface area contributed by atoms with Gasteiger partial charge in [0, 0.05) is 31.2 Å². The van der Waals surface area contributed by atoms with Crippen LogP contribution in [-0.2, 0) is 9.84 Å². The van der Waals surface area contributed by atoms with Crippen LogP contribution in [0.3, 0.4) is 0 Å². The highest BCUT2D eigenvalue weighted by Gasteiger charge is 2.55. The molecule has 6 aliphatic rings. The summed E-state index contributed by atoms with van der Waals surface area (Å²) in [4.78, 5) is 24.8. The molecule has 5 saturated carbocycles. The molecule has 5 aliphatic carbocycles. The van der Waals surface area contributed by atoms with Crippen LogP contribution >= 0.6 is 0 Å². The molecular weight excluding hydrogens is 440 g/mol. The number of nitrogens with one attached hydrogen (secondary N) is 1. The van der Waals surface area contributed by atoms with Gasteiger partial charge in [0.05, 0.1) is 28.4 Å². The second kappa shape index (κ2) is 7.90. The molecule has 1 aliphatic heterocycles. The minimum Gasteiger partial charge on any atom is -0.390 e. The third-order valence-electron chi connectivity index (χ3n) is 8.96. The minimum atomic E-state index is -2.98. The van der Waals surface area contributed by atoms with E-state index >= 15 is 0 Å². The summed E-state index contributed by atoms with van der Waals surface area (Å²) in [6.07, 6.45) is 10.7. The SMILES string of the molecule is O=C(N[C@H]1C2CC3CC1C[C@@](O)(C3)C2)c1cnc(N2CCS(=O)(=O)CC2)nc1C1CCCC1. The average molecular weight is 475 g/mol. The van der Waals surface area contributed by atoms with Crippen molar-refractivity contribution in [2.24, 2.45) is 17.8 Å². The Labute approximate surface area is 195 Å². The molecule has 33 heavy (non-hydrogen) atoms. The Kier molecular flexibility index (Phi) is 5.21. The molecule has 8 nitrogen and oxygen atoms in total. The molecule has 180 valence electrons. The van der Waals surface area contributed by atoms with Crippen molar-refractivity contribution in [3.8, 4) is 0 Å². The number of carbonyl (C=O) groups excluding carboxylic acids is 1. The first-order valence-corrected chi connectivity index (χ1v) is 14.5. The number of hydrogen-bond acceptors (Lipinski definition) is 7. The summed E-state index contributed by atoms with van der Waals surface area (Å²) >= 11 is 0. The standard InChI is InChI=1S/C24H34N4O4S/c29-22(26-20-17-9-15-10-18(20)13-24(30,11-15)12-17)19-14-25-23(27-21(19)16-3-1-2-4-16)28-5-7-33(31,32)8-6-28/h14-18,20,30H,1-13H2,(H,26,29)/t15?,17?,18?,20-,24+. The number of carbonyl (C=O) groups is 1. The topological polar surface area (TPSA) is 112 Å². The number of nitrogens with zero attached hydrogens (tertiary/aromatic N) is 3. The minimum absolute atomic E-state index is 0.0888. The molecule has 1 aromatic heterocycles. The van der Waals surface area contributed by atoms with Gasteiger partial charge in [0.2, 0.25) is 5.95 Å².